The lowest BCUT2D eigenvalue weighted by Gasteiger charge is -2.48. The number of hydrogen-bond donors (Lipinski definition) is 5. The van der Waals surface area contributed by atoms with Gasteiger partial charge in [0, 0.05) is 34.4 Å². The second kappa shape index (κ2) is 22.6. The molecule has 1 saturated carbocycles. The highest BCUT2D eigenvalue weighted by Crippen LogP contribution is 2.36. The van der Waals surface area contributed by atoms with Gasteiger partial charge in [0.15, 0.2) is 12.6 Å². The molecule has 14 unspecified atom stereocenters. The van der Waals surface area contributed by atoms with Crippen LogP contribution in [0.5, 0.6) is 0 Å². The van der Waals surface area contributed by atoms with E-state index in [0.29, 0.717) is 0 Å². The second-order valence-electron chi connectivity index (χ2n) is 21.4. The highest BCUT2D eigenvalue weighted by molar-refractivity contribution is 5.64. The van der Waals surface area contributed by atoms with Crippen LogP contribution >= 0.6 is 0 Å². The Labute approximate surface area is 391 Å². The quantitative estimate of drug-likeness (QED) is 0.0994. The summed E-state index contributed by atoms with van der Waals surface area (Å²) in [6.07, 6.45) is -23.5. The molecule has 0 radical (unpaired) electrons. The standard InChI is InChI=1S/C43H77N5O19/c1-39(2,3)63-34(54)44-18-24-23(50)17-22(47-37(57)66-42(10,11)12)32(59-24)61-30-20(45-35(55)64-40(4,5)6)16-21(46-36(56)65-41(7,8)9)31(29(30)53)62-33-28(52)26(27(51)25(19-49)60-33)48-38(58)67-43(13,14)15/h20-33,49-53H,16-19H2,1-15H3,(H,44,54)(H,45,55)(H,46,56)(H,47,57)(H,48,58)/p-5. The zero-order chi connectivity index (χ0) is 51.2. The predicted octanol–water partition coefficient (Wildman–Crippen LogP) is -3.43. The van der Waals surface area contributed by atoms with E-state index in [-0.39, 0.29) is 6.42 Å². The minimum absolute atomic E-state index is 0.346. The highest BCUT2D eigenvalue weighted by Gasteiger charge is 2.53. The summed E-state index contributed by atoms with van der Waals surface area (Å²) in [5.41, 5.74) is -5.08. The van der Waals surface area contributed by atoms with Crippen molar-refractivity contribution >= 4 is 30.4 Å². The van der Waals surface area contributed by atoms with Crippen LogP contribution in [-0.4, -0.2) is 183 Å². The zero-order valence-electron chi connectivity index (χ0n) is 41.1. The molecule has 24 heteroatoms. The van der Waals surface area contributed by atoms with Crippen molar-refractivity contribution in [1.82, 2.24) is 0 Å². The van der Waals surface area contributed by atoms with Gasteiger partial charge in [0.1, 0.15) is 85.2 Å². The van der Waals surface area contributed by atoms with Gasteiger partial charge in [-0.05, 0) is 6.42 Å². The van der Waals surface area contributed by atoms with Gasteiger partial charge in [-0.15, -0.1) is 0 Å². The molecule has 1 aliphatic carbocycles. The Hall–Kier alpha value is -4.01. The highest BCUT2D eigenvalue weighted by atomic mass is 16.7. The molecular formula is C43H72N5O19-5. The molecule has 67 heavy (non-hydrogen) atoms. The SMILES string of the molecule is CC(C)(C)OC([O-])=NCC1OC(OC2C(N=C([O-])OC(C)(C)C)CC(N=C([O-])OC(C)(C)C)C(OC3OC(CO)C(O)C(N=C([O-])OC(C)(C)C)C3O)C2O)C(N=C([O-])OC(C)(C)C)CC1O. The third-order valence-corrected chi connectivity index (χ3v) is 9.32. The lowest BCUT2D eigenvalue weighted by atomic mass is 9.83. The zero-order valence-corrected chi connectivity index (χ0v) is 41.1. The average molecular weight is 963 g/mol. The van der Waals surface area contributed by atoms with Crippen molar-refractivity contribution in [3.05, 3.63) is 0 Å². The molecule has 0 aromatic carbocycles. The van der Waals surface area contributed by atoms with Gasteiger partial charge >= 0.3 is 0 Å². The number of nitrogens with zero attached hydrogens (tertiary/aromatic N) is 5. The maximum Gasteiger partial charge on any atom is 0.186 e. The van der Waals surface area contributed by atoms with E-state index in [4.69, 9.17) is 42.6 Å². The van der Waals surface area contributed by atoms with E-state index in [1.807, 2.05) is 0 Å². The van der Waals surface area contributed by atoms with Gasteiger partial charge < -0.3 is 93.7 Å². The van der Waals surface area contributed by atoms with E-state index >= 15 is 0 Å². The molecule has 0 amide bonds. The minimum Gasteiger partial charge on any atom is -0.595 e. The van der Waals surface area contributed by atoms with Crippen LogP contribution in [0.1, 0.15) is 117 Å². The number of aliphatic imine (C=N–C) groups is 5. The Morgan fingerprint density at radius 1 is 0.478 bits per heavy atom. The average Bonchev–Trinajstić information content (AvgIpc) is 3.10. The van der Waals surface area contributed by atoms with Crippen molar-refractivity contribution in [3.8, 4) is 0 Å². The predicted molar refractivity (Wildman–Crippen MR) is 229 cm³/mol. The van der Waals surface area contributed by atoms with Crippen LogP contribution in [-0.2, 0) is 42.6 Å². The van der Waals surface area contributed by atoms with Gasteiger partial charge in [-0.25, -0.2) is 0 Å². The molecule has 5 N–H and O–H groups in total. The topological polar surface area (TPSA) is 361 Å². The molecule has 14 atom stereocenters. The molecule has 3 rings (SSSR count). The minimum atomic E-state index is -2.06. The third-order valence-electron chi connectivity index (χ3n) is 9.32. The molecule has 388 valence electrons. The van der Waals surface area contributed by atoms with Gasteiger partial charge in [0.2, 0.25) is 0 Å². The van der Waals surface area contributed by atoms with Crippen molar-refractivity contribution in [3.63, 3.8) is 0 Å². The number of rotatable bonds is 11. The van der Waals surface area contributed by atoms with Crippen molar-refractivity contribution in [2.75, 3.05) is 13.2 Å². The van der Waals surface area contributed by atoms with E-state index in [9.17, 15) is 51.1 Å². The van der Waals surface area contributed by atoms with Crippen LogP contribution in [0.3, 0.4) is 0 Å². The Bertz CT molecular complexity index is 1740. The fraction of sp³-hybridized carbons (Fsp3) is 0.884. The summed E-state index contributed by atoms with van der Waals surface area (Å²) < 4.78 is 51.3. The molecule has 0 spiro atoms. The molecule has 2 heterocycles. The fourth-order valence-corrected chi connectivity index (χ4v) is 6.80. The van der Waals surface area contributed by atoms with Crippen molar-refractivity contribution in [2.24, 2.45) is 25.0 Å². The van der Waals surface area contributed by atoms with Crippen LogP contribution in [0.4, 0.5) is 0 Å². The van der Waals surface area contributed by atoms with E-state index in [0.717, 1.165) is 0 Å². The summed E-state index contributed by atoms with van der Waals surface area (Å²) in [7, 11) is 0. The summed E-state index contributed by atoms with van der Waals surface area (Å²) in [6.45, 7) is 22.5. The Balaban J connectivity index is 2.23. The molecule has 3 aliphatic rings. The van der Waals surface area contributed by atoms with Crippen LogP contribution in [0.25, 0.3) is 0 Å². The molecular weight excluding hydrogens is 890 g/mol. The lowest BCUT2D eigenvalue weighted by molar-refractivity contribution is -0.317. The van der Waals surface area contributed by atoms with Crippen LogP contribution < -0.4 is 25.5 Å². The van der Waals surface area contributed by atoms with E-state index in [1.54, 1.807) is 104 Å². The van der Waals surface area contributed by atoms with Crippen molar-refractivity contribution in [2.45, 2.75) is 230 Å². The molecule has 0 bridgehead atoms. The summed E-state index contributed by atoms with van der Waals surface area (Å²) in [5, 5.41) is 122. The van der Waals surface area contributed by atoms with Crippen LogP contribution in [0.15, 0.2) is 25.0 Å². The summed E-state index contributed by atoms with van der Waals surface area (Å²) in [4.78, 5) is 20.1. The summed E-state index contributed by atoms with van der Waals surface area (Å²) >= 11 is 0. The smallest absolute Gasteiger partial charge is 0.186 e. The molecule has 2 aliphatic heterocycles. The number of aliphatic hydroxyl groups excluding tert-OH is 5. The third kappa shape index (κ3) is 19.1. The molecule has 0 aromatic rings. The maximum atomic E-state index is 13.4. The Kier molecular flexibility index (Phi) is 19.3. The summed E-state index contributed by atoms with van der Waals surface area (Å²) in [5.74, 6) is 0. The first-order valence-corrected chi connectivity index (χ1v) is 22.0. The second-order valence-corrected chi connectivity index (χ2v) is 21.4. The van der Waals surface area contributed by atoms with E-state index in [1.165, 1.54) is 0 Å². The van der Waals surface area contributed by atoms with E-state index < -0.39 is 164 Å². The van der Waals surface area contributed by atoms with Gasteiger partial charge in [0.25, 0.3) is 0 Å². The largest absolute Gasteiger partial charge is 0.595 e. The maximum absolute atomic E-state index is 13.4. The lowest BCUT2D eigenvalue weighted by Crippen LogP contribution is -2.64. The first-order valence-electron chi connectivity index (χ1n) is 22.0. The molecule has 0 aromatic heterocycles. The molecule has 2 saturated heterocycles. The first-order chi connectivity index (χ1) is 30.4. The fourth-order valence-electron chi connectivity index (χ4n) is 6.80. The number of aliphatic hydroxyl groups is 5. The van der Waals surface area contributed by atoms with Crippen LogP contribution in [0.2, 0.25) is 0 Å². The van der Waals surface area contributed by atoms with E-state index in [2.05, 4.69) is 25.0 Å². The normalized spacial score (nSPS) is 33.8. The van der Waals surface area contributed by atoms with Gasteiger partial charge in [-0.3, -0.25) is 25.0 Å². The first kappa shape index (κ1) is 57.3. The monoisotopic (exact) mass is 962 g/mol. The van der Waals surface area contributed by atoms with Gasteiger partial charge in [0.05, 0.1) is 31.3 Å². The van der Waals surface area contributed by atoms with Crippen molar-refractivity contribution < 1.29 is 93.7 Å². The van der Waals surface area contributed by atoms with Crippen LogP contribution in [0, 0.1) is 0 Å². The summed E-state index contributed by atoms with van der Waals surface area (Å²) in [6, 6.07) is -6.10. The molecule has 3 fully saturated rings. The van der Waals surface area contributed by atoms with Gasteiger partial charge in [-0.2, -0.15) is 0 Å². The number of ether oxygens (including phenoxy) is 9. The Morgan fingerprint density at radius 3 is 1.27 bits per heavy atom. The molecule has 24 nitrogen and oxygen atoms in total. The Morgan fingerprint density at radius 2 is 0.851 bits per heavy atom. The van der Waals surface area contributed by atoms with Crippen molar-refractivity contribution in [1.29, 1.82) is 0 Å². The van der Waals surface area contributed by atoms with Gasteiger partial charge in [-0.1, -0.05) is 104 Å². The number of hydrogen-bond acceptors (Lipinski definition) is 24.